The van der Waals surface area contributed by atoms with E-state index in [4.69, 9.17) is 15.2 Å². The van der Waals surface area contributed by atoms with E-state index in [1.54, 1.807) is 14.2 Å². The van der Waals surface area contributed by atoms with Crippen molar-refractivity contribution in [3.63, 3.8) is 0 Å². The van der Waals surface area contributed by atoms with Gasteiger partial charge >= 0.3 is 0 Å². The molecule has 0 bridgehead atoms. The molecule has 1 aromatic carbocycles. The lowest BCUT2D eigenvalue weighted by molar-refractivity contribution is 0.306. The van der Waals surface area contributed by atoms with Crippen LogP contribution in [0.15, 0.2) is 18.2 Å². The average molecular weight is 266 g/mol. The Labute approximate surface area is 116 Å². The van der Waals surface area contributed by atoms with Gasteiger partial charge in [0.1, 0.15) is 11.5 Å². The number of rotatable bonds is 8. The van der Waals surface area contributed by atoms with Crippen molar-refractivity contribution in [3.8, 4) is 11.5 Å². The standard InChI is InChI=1S/C15H26N2O2/c1-12(16)6-5-9-17(2)11-13-10-14(18-3)7-8-15(13)19-4/h7-8,10,12H,5-6,9,11,16H2,1-4H3. The van der Waals surface area contributed by atoms with Gasteiger partial charge in [0.25, 0.3) is 0 Å². The van der Waals surface area contributed by atoms with Gasteiger partial charge in [0.15, 0.2) is 0 Å². The van der Waals surface area contributed by atoms with Crippen molar-refractivity contribution in [2.45, 2.75) is 32.4 Å². The summed E-state index contributed by atoms with van der Waals surface area (Å²) in [6, 6.07) is 6.17. The second-order valence-electron chi connectivity index (χ2n) is 5.04. The van der Waals surface area contributed by atoms with Crippen molar-refractivity contribution < 1.29 is 9.47 Å². The van der Waals surface area contributed by atoms with E-state index < -0.39 is 0 Å². The zero-order chi connectivity index (χ0) is 14.3. The Morgan fingerprint density at radius 3 is 2.58 bits per heavy atom. The monoisotopic (exact) mass is 266 g/mol. The second-order valence-corrected chi connectivity index (χ2v) is 5.04. The average Bonchev–Trinajstić information content (AvgIpc) is 2.38. The van der Waals surface area contributed by atoms with Gasteiger partial charge in [0.2, 0.25) is 0 Å². The number of hydrogen-bond donors (Lipinski definition) is 1. The van der Waals surface area contributed by atoms with Crippen molar-refractivity contribution in [2.75, 3.05) is 27.8 Å². The lowest BCUT2D eigenvalue weighted by Crippen LogP contribution is -2.22. The Morgan fingerprint density at radius 1 is 1.26 bits per heavy atom. The van der Waals surface area contributed by atoms with Crippen LogP contribution in [0.2, 0.25) is 0 Å². The number of nitrogens with two attached hydrogens (primary N) is 1. The SMILES string of the molecule is COc1ccc(OC)c(CN(C)CCCC(C)N)c1. The Hall–Kier alpha value is -1.26. The third-order valence-corrected chi connectivity index (χ3v) is 3.13. The fourth-order valence-corrected chi connectivity index (χ4v) is 2.06. The van der Waals surface area contributed by atoms with Gasteiger partial charge in [-0.1, -0.05) is 0 Å². The smallest absolute Gasteiger partial charge is 0.123 e. The molecule has 0 amide bonds. The molecule has 0 aliphatic carbocycles. The molecule has 0 spiro atoms. The number of methoxy groups -OCH3 is 2. The third kappa shape index (κ3) is 5.49. The van der Waals surface area contributed by atoms with Crippen molar-refractivity contribution in [2.24, 2.45) is 5.73 Å². The molecule has 0 saturated heterocycles. The predicted molar refractivity (Wildman–Crippen MR) is 78.8 cm³/mol. The van der Waals surface area contributed by atoms with Crippen LogP contribution < -0.4 is 15.2 Å². The van der Waals surface area contributed by atoms with E-state index in [2.05, 4.69) is 11.9 Å². The maximum absolute atomic E-state index is 5.76. The summed E-state index contributed by atoms with van der Waals surface area (Å²) in [4.78, 5) is 2.28. The minimum Gasteiger partial charge on any atom is -0.497 e. The Bertz CT molecular complexity index is 380. The first-order valence-electron chi connectivity index (χ1n) is 6.71. The van der Waals surface area contributed by atoms with Crippen LogP contribution in [0, 0.1) is 0 Å². The number of benzene rings is 1. The highest BCUT2D eigenvalue weighted by molar-refractivity contribution is 5.40. The summed E-state index contributed by atoms with van der Waals surface area (Å²) in [6.45, 7) is 3.92. The van der Waals surface area contributed by atoms with E-state index in [0.29, 0.717) is 0 Å². The van der Waals surface area contributed by atoms with E-state index in [9.17, 15) is 0 Å². The molecular formula is C15H26N2O2. The molecule has 1 atom stereocenters. The molecule has 0 heterocycles. The molecule has 1 unspecified atom stereocenters. The molecule has 2 N–H and O–H groups in total. The van der Waals surface area contributed by atoms with Gasteiger partial charge in [-0.25, -0.2) is 0 Å². The van der Waals surface area contributed by atoms with Crippen LogP contribution in [0.25, 0.3) is 0 Å². The van der Waals surface area contributed by atoms with E-state index >= 15 is 0 Å². The fraction of sp³-hybridized carbons (Fsp3) is 0.600. The van der Waals surface area contributed by atoms with Gasteiger partial charge < -0.3 is 20.1 Å². The van der Waals surface area contributed by atoms with Gasteiger partial charge in [0.05, 0.1) is 14.2 Å². The number of nitrogens with zero attached hydrogens (tertiary/aromatic N) is 1. The second kappa shape index (κ2) is 8.02. The van der Waals surface area contributed by atoms with Crippen molar-refractivity contribution in [3.05, 3.63) is 23.8 Å². The Morgan fingerprint density at radius 2 is 2.00 bits per heavy atom. The van der Waals surface area contributed by atoms with E-state index in [1.807, 2.05) is 25.1 Å². The predicted octanol–water partition coefficient (Wildman–Crippen LogP) is 2.26. The van der Waals surface area contributed by atoms with Gasteiger partial charge in [-0.3, -0.25) is 0 Å². The minimum atomic E-state index is 0.278. The minimum absolute atomic E-state index is 0.278. The van der Waals surface area contributed by atoms with E-state index in [1.165, 1.54) is 0 Å². The fourth-order valence-electron chi connectivity index (χ4n) is 2.06. The normalized spacial score (nSPS) is 12.5. The lowest BCUT2D eigenvalue weighted by Gasteiger charge is -2.19. The van der Waals surface area contributed by atoms with Gasteiger partial charge in [0, 0.05) is 18.2 Å². The molecule has 19 heavy (non-hydrogen) atoms. The molecule has 0 fully saturated rings. The van der Waals surface area contributed by atoms with Crippen LogP contribution in [0.1, 0.15) is 25.3 Å². The van der Waals surface area contributed by atoms with Gasteiger partial charge in [-0.2, -0.15) is 0 Å². The molecular weight excluding hydrogens is 240 g/mol. The molecule has 0 aliphatic heterocycles. The largest absolute Gasteiger partial charge is 0.497 e. The highest BCUT2D eigenvalue weighted by Gasteiger charge is 2.08. The zero-order valence-electron chi connectivity index (χ0n) is 12.5. The number of hydrogen-bond acceptors (Lipinski definition) is 4. The summed E-state index contributed by atoms with van der Waals surface area (Å²) in [5.74, 6) is 1.76. The van der Waals surface area contributed by atoms with Crippen LogP contribution in [0.4, 0.5) is 0 Å². The summed E-state index contributed by atoms with van der Waals surface area (Å²) in [6.07, 6.45) is 2.17. The maximum atomic E-state index is 5.76. The van der Waals surface area contributed by atoms with Crippen molar-refractivity contribution in [1.29, 1.82) is 0 Å². The summed E-state index contributed by atoms with van der Waals surface area (Å²) < 4.78 is 10.6. The highest BCUT2D eigenvalue weighted by atomic mass is 16.5. The number of ether oxygens (including phenoxy) is 2. The zero-order valence-corrected chi connectivity index (χ0v) is 12.5. The van der Waals surface area contributed by atoms with Crippen molar-refractivity contribution >= 4 is 0 Å². The molecule has 0 saturated carbocycles. The molecule has 0 radical (unpaired) electrons. The first-order chi connectivity index (χ1) is 9.06. The van der Waals surface area contributed by atoms with Gasteiger partial charge in [-0.15, -0.1) is 0 Å². The highest BCUT2D eigenvalue weighted by Crippen LogP contribution is 2.25. The Balaban J connectivity index is 2.58. The van der Waals surface area contributed by atoms with E-state index in [-0.39, 0.29) is 6.04 Å². The third-order valence-electron chi connectivity index (χ3n) is 3.13. The first-order valence-corrected chi connectivity index (χ1v) is 6.71. The molecule has 1 rings (SSSR count). The van der Waals surface area contributed by atoms with Crippen LogP contribution in [0.3, 0.4) is 0 Å². The van der Waals surface area contributed by atoms with Gasteiger partial charge in [-0.05, 0) is 51.6 Å². The Kier molecular flexibility index (Phi) is 6.67. The summed E-state index contributed by atoms with van der Waals surface area (Å²) in [7, 11) is 5.49. The maximum Gasteiger partial charge on any atom is 0.123 e. The molecule has 1 aromatic rings. The first kappa shape index (κ1) is 15.8. The quantitative estimate of drug-likeness (QED) is 0.784. The summed E-state index contributed by atoms with van der Waals surface area (Å²) in [5.41, 5.74) is 6.90. The lowest BCUT2D eigenvalue weighted by atomic mass is 10.1. The van der Waals surface area contributed by atoms with Crippen LogP contribution in [0.5, 0.6) is 11.5 Å². The van der Waals surface area contributed by atoms with E-state index in [0.717, 1.165) is 43.0 Å². The molecule has 0 aromatic heterocycles. The summed E-state index contributed by atoms with van der Waals surface area (Å²) >= 11 is 0. The molecule has 0 aliphatic rings. The van der Waals surface area contributed by atoms with Crippen LogP contribution in [-0.2, 0) is 6.54 Å². The topological polar surface area (TPSA) is 47.7 Å². The molecule has 4 nitrogen and oxygen atoms in total. The van der Waals surface area contributed by atoms with Crippen LogP contribution in [-0.4, -0.2) is 38.8 Å². The molecule has 108 valence electrons. The summed E-state index contributed by atoms with van der Waals surface area (Å²) in [5, 5.41) is 0. The van der Waals surface area contributed by atoms with Crippen molar-refractivity contribution in [1.82, 2.24) is 4.90 Å². The molecule has 4 heteroatoms. The van der Waals surface area contributed by atoms with Crippen LogP contribution >= 0.6 is 0 Å².